The van der Waals surface area contributed by atoms with E-state index in [-0.39, 0.29) is 5.91 Å². The number of hydrogen-bond donors (Lipinski definition) is 3. The van der Waals surface area contributed by atoms with Gasteiger partial charge in [0.2, 0.25) is 5.91 Å². The Kier molecular flexibility index (Phi) is 5.28. The van der Waals surface area contributed by atoms with Gasteiger partial charge in [0.25, 0.3) is 0 Å². The van der Waals surface area contributed by atoms with Crippen molar-refractivity contribution < 1.29 is 4.79 Å². The van der Waals surface area contributed by atoms with Crippen LogP contribution in [0.15, 0.2) is 30.3 Å². The summed E-state index contributed by atoms with van der Waals surface area (Å²) in [5, 5.41) is 3.32. The minimum absolute atomic E-state index is 0.0697. The summed E-state index contributed by atoms with van der Waals surface area (Å²) in [6.07, 6.45) is 1.30. The van der Waals surface area contributed by atoms with Crippen molar-refractivity contribution in [3.05, 3.63) is 30.3 Å². The highest BCUT2D eigenvalue weighted by molar-refractivity contribution is 7.80. The number of thiocarbonyl (C=S) groups is 1. The van der Waals surface area contributed by atoms with Crippen molar-refractivity contribution in [2.45, 2.75) is 19.8 Å². The molecule has 1 rings (SSSR count). The first-order chi connectivity index (χ1) is 7.72. The van der Waals surface area contributed by atoms with Crippen LogP contribution < -0.4 is 16.2 Å². The van der Waals surface area contributed by atoms with E-state index >= 15 is 0 Å². The first-order valence-electron chi connectivity index (χ1n) is 5.13. The topological polar surface area (TPSA) is 53.2 Å². The van der Waals surface area contributed by atoms with Gasteiger partial charge in [-0.25, -0.2) is 0 Å². The number of rotatable bonds is 3. The van der Waals surface area contributed by atoms with Crippen molar-refractivity contribution in [1.82, 2.24) is 10.9 Å². The summed E-state index contributed by atoms with van der Waals surface area (Å²) < 4.78 is 0. The van der Waals surface area contributed by atoms with Gasteiger partial charge in [0.15, 0.2) is 5.11 Å². The van der Waals surface area contributed by atoms with E-state index in [9.17, 15) is 4.79 Å². The third kappa shape index (κ3) is 4.75. The molecule has 3 N–H and O–H groups in total. The molecule has 1 amide bonds. The van der Waals surface area contributed by atoms with Crippen LogP contribution in [0.2, 0.25) is 0 Å². The number of benzene rings is 1. The zero-order valence-electron chi connectivity index (χ0n) is 9.12. The molecule has 0 radical (unpaired) electrons. The lowest BCUT2D eigenvalue weighted by Gasteiger charge is -2.10. The fourth-order valence-corrected chi connectivity index (χ4v) is 1.27. The van der Waals surface area contributed by atoms with Gasteiger partial charge in [-0.2, -0.15) is 0 Å². The van der Waals surface area contributed by atoms with Crippen molar-refractivity contribution in [2.75, 3.05) is 5.32 Å². The maximum absolute atomic E-state index is 11.1. The summed E-state index contributed by atoms with van der Waals surface area (Å²) in [5.74, 6) is -0.0697. The highest BCUT2D eigenvalue weighted by Gasteiger charge is 2.00. The van der Waals surface area contributed by atoms with E-state index in [0.29, 0.717) is 11.5 Å². The van der Waals surface area contributed by atoms with E-state index in [1.165, 1.54) is 0 Å². The van der Waals surface area contributed by atoms with E-state index in [0.717, 1.165) is 12.1 Å². The average Bonchev–Trinajstić information content (AvgIpc) is 2.28. The summed E-state index contributed by atoms with van der Waals surface area (Å²) in [6.45, 7) is 1.94. The van der Waals surface area contributed by atoms with E-state index in [2.05, 4.69) is 16.2 Å². The van der Waals surface area contributed by atoms with Crippen molar-refractivity contribution in [3.63, 3.8) is 0 Å². The molecular formula is C11H15N3OS. The second-order valence-corrected chi connectivity index (χ2v) is 3.65. The Hall–Kier alpha value is -1.62. The molecule has 0 fully saturated rings. The van der Waals surface area contributed by atoms with Crippen LogP contribution in [0.25, 0.3) is 0 Å². The normalized spacial score (nSPS) is 9.31. The molecule has 0 aromatic heterocycles. The third-order valence-corrected chi connectivity index (χ3v) is 2.03. The van der Waals surface area contributed by atoms with Gasteiger partial charge in [0, 0.05) is 12.1 Å². The molecule has 0 heterocycles. The number of amides is 1. The van der Waals surface area contributed by atoms with Crippen LogP contribution in [0.1, 0.15) is 19.8 Å². The number of carbonyl (C=O) groups excluding carboxylic acids is 1. The standard InChI is InChI=1S/C11H15N3OS/c1-2-6-10(15)13-14-11(16)12-9-7-4-3-5-8-9/h3-5,7-8H,2,6H2,1H3,(H,13,15)(H2,12,14,16). The fourth-order valence-electron chi connectivity index (χ4n) is 1.10. The van der Waals surface area contributed by atoms with Crippen molar-refractivity contribution >= 4 is 28.9 Å². The van der Waals surface area contributed by atoms with Crippen LogP contribution in [0, 0.1) is 0 Å². The van der Waals surface area contributed by atoms with Crippen molar-refractivity contribution in [2.24, 2.45) is 0 Å². The van der Waals surface area contributed by atoms with Crippen LogP contribution in [0.4, 0.5) is 5.69 Å². The quantitative estimate of drug-likeness (QED) is 0.554. The van der Waals surface area contributed by atoms with Crippen LogP contribution in [-0.4, -0.2) is 11.0 Å². The highest BCUT2D eigenvalue weighted by atomic mass is 32.1. The minimum atomic E-state index is -0.0697. The predicted molar refractivity (Wildman–Crippen MR) is 68.8 cm³/mol. The molecule has 0 saturated carbocycles. The smallest absolute Gasteiger partial charge is 0.238 e. The second-order valence-electron chi connectivity index (χ2n) is 3.24. The Morgan fingerprint density at radius 3 is 2.56 bits per heavy atom. The maximum atomic E-state index is 11.1. The summed E-state index contributed by atoms with van der Waals surface area (Å²) in [7, 11) is 0. The third-order valence-electron chi connectivity index (χ3n) is 1.82. The van der Waals surface area contributed by atoms with Gasteiger partial charge >= 0.3 is 0 Å². The van der Waals surface area contributed by atoms with Gasteiger partial charge < -0.3 is 5.32 Å². The highest BCUT2D eigenvalue weighted by Crippen LogP contribution is 2.03. The summed E-state index contributed by atoms with van der Waals surface area (Å²) >= 11 is 5.00. The minimum Gasteiger partial charge on any atom is -0.331 e. The molecule has 1 aromatic rings. The van der Waals surface area contributed by atoms with Gasteiger partial charge in [0.05, 0.1) is 0 Å². The molecule has 0 saturated heterocycles. The molecule has 0 spiro atoms. The molecule has 86 valence electrons. The Morgan fingerprint density at radius 2 is 1.94 bits per heavy atom. The molecule has 1 aromatic carbocycles. The van der Waals surface area contributed by atoms with Gasteiger partial charge in [0.1, 0.15) is 0 Å². The number of anilines is 1. The van der Waals surface area contributed by atoms with Crippen LogP contribution >= 0.6 is 12.2 Å². The molecule has 0 bridgehead atoms. The van der Waals surface area contributed by atoms with E-state index in [1.54, 1.807) is 0 Å². The molecule has 0 aliphatic heterocycles. The number of hydrazine groups is 1. The lowest BCUT2D eigenvalue weighted by molar-refractivity contribution is -0.121. The number of para-hydroxylation sites is 1. The number of hydrogen-bond acceptors (Lipinski definition) is 2. The predicted octanol–water partition coefficient (Wildman–Crippen LogP) is 1.80. The molecule has 0 aliphatic carbocycles. The Morgan fingerprint density at radius 1 is 1.25 bits per heavy atom. The number of carbonyl (C=O) groups is 1. The van der Waals surface area contributed by atoms with E-state index in [1.807, 2.05) is 37.3 Å². The second kappa shape index (κ2) is 6.79. The molecule has 0 aliphatic rings. The zero-order valence-corrected chi connectivity index (χ0v) is 9.93. The largest absolute Gasteiger partial charge is 0.331 e. The number of nitrogens with one attached hydrogen (secondary N) is 3. The summed E-state index contributed by atoms with van der Waals surface area (Å²) in [6, 6.07) is 9.51. The molecular weight excluding hydrogens is 222 g/mol. The van der Waals surface area contributed by atoms with E-state index < -0.39 is 0 Å². The molecule has 0 atom stereocenters. The van der Waals surface area contributed by atoms with Crippen LogP contribution in [0.5, 0.6) is 0 Å². The van der Waals surface area contributed by atoms with Gasteiger partial charge in [-0.15, -0.1) is 0 Å². The molecule has 0 unspecified atom stereocenters. The van der Waals surface area contributed by atoms with Crippen molar-refractivity contribution in [1.29, 1.82) is 0 Å². The van der Waals surface area contributed by atoms with Gasteiger partial charge in [-0.1, -0.05) is 25.1 Å². The fraction of sp³-hybridized carbons (Fsp3) is 0.273. The first-order valence-corrected chi connectivity index (χ1v) is 5.54. The summed E-state index contributed by atoms with van der Waals surface area (Å²) in [5.41, 5.74) is 6.03. The summed E-state index contributed by atoms with van der Waals surface area (Å²) in [4.78, 5) is 11.1. The molecule has 16 heavy (non-hydrogen) atoms. The lowest BCUT2D eigenvalue weighted by Crippen LogP contribution is -2.43. The Bertz CT molecular complexity index is 354. The monoisotopic (exact) mass is 237 g/mol. The average molecular weight is 237 g/mol. The zero-order chi connectivity index (χ0) is 11.8. The Balaban J connectivity index is 2.29. The van der Waals surface area contributed by atoms with Gasteiger partial charge in [-0.3, -0.25) is 15.6 Å². The molecule has 4 nitrogen and oxygen atoms in total. The van der Waals surface area contributed by atoms with Crippen molar-refractivity contribution in [3.8, 4) is 0 Å². The van der Waals surface area contributed by atoms with Crippen LogP contribution in [-0.2, 0) is 4.79 Å². The lowest BCUT2D eigenvalue weighted by atomic mass is 10.3. The first kappa shape index (κ1) is 12.4. The van der Waals surface area contributed by atoms with E-state index in [4.69, 9.17) is 12.2 Å². The van der Waals surface area contributed by atoms with Crippen LogP contribution in [0.3, 0.4) is 0 Å². The Labute approximate surface area is 100 Å². The van der Waals surface area contributed by atoms with Gasteiger partial charge in [-0.05, 0) is 30.8 Å². The molecule has 5 heteroatoms. The maximum Gasteiger partial charge on any atom is 0.238 e. The SMILES string of the molecule is CCCC(=O)NNC(=S)Nc1ccccc1.